The van der Waals surface area contributed by atoms with Crippen molar-refractivity contribution in [2.75, 3.05) is 14.2 Å². The molecular formula is C16H14Cl2O3. The minimum atomic E-state index is -0.0867. The number of hydrogen-bond donors (Lipinski definition) is 0. The van der Waals surface area contributed by atoms with Crippen LogP contribution >= 0.6 is 23.2 Å². The van der Waals surface area contributed by atoms with Crippen LogP contribution in [-0.4, -0.2) is 20.0 Å². The first-order chi connectivity index (χ1) is 10.0. The van der Waals surface area contributed by atoms with Crippen LogP contribution in [0, 0.1) is 0 Å². The lowest BCUT2D eigenvalue weighted by Gasteiger charge is -2.09. The summed E-state index contributed by atoms with van der Waals surface area (Å²) in [5.41, 5.74) is 1.19. The monoisotopic (exact) mass is 324 g/mol. The van der Waals surface area contributed by atoms with Crippen LogP contribution in [0.2, 0.25) is 10.0 Å². The molecule has 0 atom stereocenters. The van der Waals surface area contributed by atoms with Crippen molar-refractivity contribution in [1.29, 1.82) is 0 Å². The van der Waals surface area contributed by atoms with E-state index in [-0.39, 0.29) is 12.2 Å². The fourth-order valence-electron chi connectivity index (χ4n) is 1.92. The van der Waals surface area contributed by atoms with Gasteiger partial charge in [-0.25, -0.2) is 0 Å². The predicted octanol–water partition coefficient (Wildman–Crippen LogP) is 4.44. The van der Waals surface area contributed by atoms with E-state index in [1.165, 1.54) is 14.2 Å². The minimum Gasteiger partial charge on any atom is -0.497 e. The summed E-state index contributed by atoms with van der Waals surface area (Å²) in [5.74, 6) is 1.04. The van der Waals surface area contributed by atoms with Crippen molar-refractivity contribution in [3.63, 3.8) is 0 Å². The number of carbonyl (C=O) groups excluding carboxylic acids is 1. The van der Waals surface area contributed by atoms with Crippen LogP contribution in [0.3, 0.4) is 0 Å². The third-order valence-electron chi connectivity index (χ3n) is 3.03. The number of rotatable bonds is 5. The van der Waals surface area contributed by atoms with Gasteiger partial charge in [0.1, 0.15) is 11.5 Å². The molecule has 2 aromatic rings. The molecule has 0 saturated heterocycles. The lowest BCUT2D eigenvalue weighted by atomic mass is 10.0. The van der Waals surface area contributed by atoms with Gasteiger partial charge >= 0.3 is 0 Å². The van der Waals surface area contributed by atoms with Gasteiger partial charge in [-0.1, -0.05) is 23.2 Å². The van der Waals surface area contributed by atoms with Gasteiger partial charge in [-0.2, -0.15) is 0 Å². The average molecular weight is 325 g/mol. The Bertz CT molecular complexity index is 646. The lowest BCUT2D eigenvalue weighted by Crippen LogP contribution is -2.05. The van der Waals surface area contributed by atoms with Gasteiger partial charge in [0, 0.05) is 28.1 Å². The van der Waals surface area contributed by atoms with Crippen molar-refractivity contribution in [3.05, 3.63) is 57.6 Å². The molecule has 0 spiro atoms. The molecule has 21 heavy (non-hydrogen) atoms. The lowest BCUT2D eigenvalue weighted by molar-refractivity contribution is 0.0992. The van der Waals surface area contributed by atoms with Gasteiger partial charge in [-0.15, -0.1) is 0 Å². The van der Waals surface area contributed by atoms with Crippen LogP contribution in [-0.2, 0) is 6.42 Å². The number of ketones is 1. The molecule has 5 heteroatoms. The first-order valence-electron chi connectivity index (χ1n) is 6.23. The summed E-state index contributed by atoms with van der Waals surface area (Å²) < 4.78 is 10.3. The maximum atomic E-state index is 12.4. The highest BCUT2D eigenvalue weighted by atomic mass is 35.5. The van der Waals surface area contributed by atoms with Crippen molar-refractivity contribution in [3.8, 4) is 11.5 Å². The first-order valence-corrected chi connectivity index (χ1v) is 6.99. The van der Waals surface area contributed by atoms with Crippen LogP contribution in [0.1, 0.15) is 15.9 Å². The molecule has 0 N–H and O–H groups in total. The molecule has 2 rings (SSSR count). The quantitative estimate of drug-likeness (QED) is 0.763. The standard InChI is InChI=1S/C16H14Cl2O3/c1-20-13-6-11(7-14(9-13)21-2)16(19)8-10-5-12(17)3-4-15(10)18/h3-7,9H,8H2,1-2H3. The molecular weight excluding hydrogens is 311 g/mol. The molecule has 0 fully saturated rings. The molecule has 0 bridgehead atoms. The second kappa shape index (κ2) is 6.83. The third-order valence-corrected chi connectivity index (χ3v) is 3.64. The first kappa shape index (κ1) is 15.7. The summed E-state index contributed by atoms with van der Waals surface area (Å²) in [6.07, 6.45) is 0.162. The highest BCUT2D eigenvalue weighted by Crippen LogP contribution is 2.26. The maximum absolute atomic E-state index is 12.4. The summed E-state index contributed by atoms with van der Waals surface area (Å²) in [5, 5.41) is 1.06. The van der Waals surface area contributed by atoms with Crippen LogP contribution in [0.25, 0.3) is 0 Å². The summed E-state index contributed by atoms with van der Waals surface area (Å²) in [7, 11) is 3.08. The van der Waals surface area contributed by atoms with E-state index in [2.05, 4.69) is 0 Å². The largest absolute Gasteiger partial charge is 0.497 e. The number of carbonyl (C=O) groups is 1. The fourth-order valence-corrected chi connectivity index (χ4v) is 2.30. The number of hydrogen-bond acceptors (Lipinski definition) is 3. The second-order valence-corrected chi connectivity index (χ2v) is 5.28. The number of Topliss-reactive ketones (excluding diaryl/α,β-unsaturated/α-hetero) is 1. The van der Waals surface area contributed by atoms with E-state index in [0.717, 1.165) is 0 Å². The molecule has 0 aliphatic rings. The van der Waals surface area contributed by atoms with Crippen molar-refractivity contribution in [2.24, 2.45) is 0 Å². The topological polar surface area (TPSA) is 35.5 Å². The van der Waals surface area contributed by atoms with E-state index >= 15 is 0 Å². The van der Waals surface area contributed by atoms with E-state index in [0.29, 0.717) is 32.7 Å². The Kier molecular flexibility index (Phi) is 5.10. The Morgan fingerprint density at radius 1 is 1.00 bits per heavy atom. The van der Waals surface area contributed by atoms with E-state index in [9.17, 15) is 4.79 Å². The summed E-state index contributed by atoms with van der Waals surface area (Å²) in [4.78, 5) is 12.4. The normalized spacial score (nSPS) is 10.3. The average Bonchev–Trinajstić information content (AvgIpc) is 2.50. The van der Waals surface area contributed by atoms with Gasteiger partial charge < -0.3 is 9.47 Å². The van der Waals surface area contributed by atoms with Gasteiger partial charge in [0.2, 0.25) is 0 Å². The van der Waals surface area contributed by atoms with Gasteiger partial charge in [0.25, 0.3) is 0 Å². The SMILES string of the molecule is COc1cc(OC)cc(C(=O)Cc2cc(Cl)ccc2Cl)c1. The van der Waals surface area contributed by atoms with Crippen molar-refractivity contribution in [2.45, 2.75) is 6.42 Å². The smallest absolute Gasteiger partial charge is 0.167 e. The molecule has 0 heterocycles. The number of ether oxygens (including phenoxy) is 2. The van der Waals surface area contributed by atoms with E-state index in [1.807, 2.05) is 0 Å². The molecule has 0 radical (unpaired) electrons. The number of benzene rings is 2. The molecule has 3 nitrogen and oxygen atoms in total. The Morgan fingerprint density at radius 3 is 2.19 bits per heavy atom. The zero-order chi connectivity index (χ0) is 15.4. The molecule has 0 unspecified atom stereocenters. The molecule has 0 amide bonds. The van der Waals surface area contributed by atoms with E-state index < -0.39 is 0 Å². The summed E-state index contributed by atoms with van der Waals surface area (Å²) in [6.45, 7) is 0. The van der Waals surface area contributed by atoms with Crippen molar-refractivity contribution in [1.82, 2.24) is 0 Å². The van der Waals surface area contributed by atoms with Gasteiger partial charge in [0.05, 0.1) is 14.2 Å². The van der Waals surface area contributed by atoms with Gasteiger partial charge in [-0.3, -0.25) is 4.79 Å². The number of methoxy groups -OCH3 is 2. The predicted molar refractivity (Wildman–Crippen MR) is 84.0 cm³/mol. The fraction of sp³-hybridized carbons (Fsp3) is 0.188. The van der Waals surface area contributed by atoms with Crippen molar-refractivity contribution < 1.29 is 14.3 Å². The van der Waals surface area contributed by atoms with Crippen molar-refractivity contribution >= 4 is 29.0 Å². The highest BCUT2D eigenvalue weighted by molar-refractivity contribution is 6.33. The zero-order valence-electron chi connectivity index (χ0n) is 11.7. The van der Waals surface area contributed by atoms with Gasteiger partial charge in [-0.05, 0) is 35.9 Å². The van der Waals surface area contributed by atoms with Crippen LogP contribution in [0.5, 0.6) is 11.5 Å². The zero-order valence-corrected chi connectivity index (χ0v) is 13.2. The second-order valence-electron chi connectivity index (χ2n) is 4.44. The van der Waals surface area contributed by atoms with Gasteiger partial charge in [0.15, 0.2) is 5.78 Å². The van der Waals surface area contributed by atoms with E-state index in [4.69, 9.17) is 32.7 Å². The Hall–Kier alpha value is -1.71. The molecule has 0 aliphatic carbocycles. The summed E-state index contributed by atoms with van der Waals surface area (Å²) >= 11 is 12.0. The minimum absolute atomic E-state index is 0.0867. The van der Waals surface area contributed by atoms with E-state index in [1.54, 1.807) is 36.4 Å². The maximum Gasteiger partial charge on any atom is 0.167 e. The Labute approximate surface area is 133 Å². The Balaban J connectivity index is 2.29. The summed E-state index contributed by atoms with van der Waals surface area (Å²) in [6, 6.07) is 10.1. The van der Waals surface area contributed by atoms with Crippen LogP contribution in [0.15, 0.2) is 36.4 Å². The highest BCUT2D eigenvalue weighted by Gasteiger charge is 2.13. The molecule has 0 aliphatic heterocycles. The van der Waals surface area contributed by atoms with Crippen LogP contribution < -0.4 is 9.47 Å². The molecule has 0 aromatic heterocycles. The Morgan fingerprint density at radius 2 is 1.62 bits per heavy atom. The number of halogens is 2. The third kappa shape index (κ3) is 3.90. The van der Waals surface area contributed by atoms with Crippen LogP contribution in [0.4, 0.5) is 0 Å². The molecule has 110 valence electrons. The molecule has 0 saturated carbocycles. The molecule has 2 aromatic carbocycles.